The van der Waals surface area contributed by atoms with E-state index in [-0.39, 0.29) is 12.1 Å². The number of aromatic carboxylic acids is 1. The van der Waals surface area contributed by atoms with Crippen LogP contribution in [0.1, 0.15) is 15.9 Å². The van der Waals surface area contributed by atoms with E-state index in [1.807, 2.05) is 0 Å². The van der Waals surface area contributed by atoms with E-state index in [9.17, 15) is 4.79 Å². The second-order valence-corrected chi connectivity index (χ2v) is 2.54. The lowest BCUT2D eigenvalue weighted by Crippen LogP contribution is -1.99. The van der Waals surface area contributed by atoms with Crippen molar-refractivity contribution in [3.05, 3.63) is 45.8 Å². The Labute approximate surface area is 86.0 Å². The molecule has 0 atom stereocenters. The van der Waals surface area contributed by atoms with Crippen LogP contribution in [0, 0.1) is 11.8 Å². The molecule has 0 aromatic heterocycles. The molecule has 0 aliphatic heterocycles. The first kappa shape index (κ1) is 10.6. The number of rotatable bonds is 2. The fourth-order valence-electron chi connectivity index (χ4n) is 0.980. The number of nitrogens with zero attached hydrogens (tertiary/aromatic N) is 3. The van der Waals surface area contributed by atoms with Gasteiger partial charge < -0.3 is 5.11 Å². The molecule has 0 aliphatic carbocycles. The summed E-state index contributed by atoms with van der Waals surface area (Å²) >= 11 is 0. The molecule has 0 aliphatic rings. The Balaban J connectivity index is 2.96. The normalized spacial score (nSPS) is 8.27. The quantitative estimate of drug-likeness (QED) is 0.343. The number of carboxylic acids is 1. The Kier molecular flexibility index (Phi) is 3.78. The third kappa shape index (κ3) is 3.07. The number of hydrogen-bond donors (Lipinski definition) is 1. The Morgan fingerprint density at radius 1 is 1.53 bits per heavy atom. The molecule has 1 N–H and O–H groups in total. The lowest BCUT2D eigenvalue weighted by atomic mass is 10.1. The molecule has 0 unspecified atom stereocenters. The van der Waals surface area contributed by atoms with Crippen LogP contribution >= 0.6 is 0 Å². The van der Waals surface area contributed by atoms with Gasteiger partial charge in [-0.2, -0.15) is 0 Å². The summed E-state index contributed by atoms with van der Waals surface area (Å²) in [6, 6.07) is 6.40. The van der Waals surface area contributed by atoms with Crippen molar-refractivity contribution in [3.63, 3.8) is 0 Å². The van der Waals surface area contributed by atoms with Gasteiger partial charge in [0.15, 0.2) is 0 Å². The summed E-state index contributed by atoms with van der Waals surface area (Å²) in [7, 11) is 0. The molecule has 0 saturated carbocycles. The third-order valence-electron chi connectivity index (χ3n) is 1.59. The van der Waals surface area contributed by atoms with E-state index in [4.69, 9.17) is 10.6 Å². The van der Waals surface area contributed by atoms with Crippen molar-refractivity contribution in [2.75, 3.05) is 6.54 Å². The van der Waals surface area contributed by atoms with E-state index >= 15 is 0 Å². The predicted molar refractivity (Wildman–Crippen MR) is 54.3 cm³/mol. The van der Waals surface area contributed by atoms with Crippen molar-refractivity contribution in [2.24, 2.45) is 5.11 Å². The van der Waals surface area contributed by atoms with Crippen molar-refractivity contribution >= 4 is 5.97 Å². The Morgan fingerprint density at radius 3 is 2.93 bits per heavy atom. The molecule has 74 valence electrons. The summed E-state index contributed by atoms with van der Waals surface area (Å²) in [6.45, 7) is 0.0322. The molecule has 0 heterocycles. The highest BCUT2D eigenvalue weighted by Crippen LogP contribution is 2.06. The zero-order valence-electron chi connectivity index (χ0n) is 7.71. The highest BCUT2D eigenvalue weighted by atomic mass is 16.4. The van der Waals surface area contributed by atoms with Crippen molar-refractivity contribution in [1.82, 2.24) is 0 Å². The van der Waals surface area contributed by atoms with Crippen molar-refractivity contribution in [3.8, 4) is 11.8 Å². The fourth-order valence-corrected chi connectivity index (χ4v) is 0.980. The standard InChI is InChI=1S/C10H7N3O2/c11-13-12-7-3-5-8-4-1-2-6-9(8)10(14)15/h1-2,4,6H,7H2,(H,14,15). The van der Waals surface area contributed by atoms with Gasteiger partial charge in [0.05, 0.1) is 12.1 Å². The van der Waals surface area contributed by atoms with Crippen LogP contribution in [-0.2, 0) is 0 Å². The first-order valence-corrected chi connectivity index (χ1v) is 4.07. The monoisotopic (exact) mass is 201 g/mol. The molecular weight excluding hydrogens is 194 g/mol. The summed E-state index contributed by atoms with van der Waals surface area (Å²) in [6.07, 6.45) is 0. The van der Waals surface area contributed by atoms with Crippen LogP contribution in [0.3, 0.4) is 0 Å². The molecule has 5 nitrogen and oxygen atoms in total. The maximum atomic E-state index is 10.8. The highest BCUT2D eigenvalue weighted by Gasteiger charge is 2.05. The molecule has 0 spiro atoms. The SMILES string of the molecule is [N-]=[N+]=NCC#Cc1ccccc1C(=O)O. The van der Waals surface area contributed by atoms with E-state index in [0.29, 0.717) is 5.56 Å². The second-order valence-electron chi connectivity index (χ2n) is 2.54. The zero-order chi connectivity index (χ0) is 11.1. The van der Waals surface area contributed by atoms with Crippen LogP contribution in [0.25, 0.3) is 10.4 Å². The van der Waals surface area contributed by atoms with Gasteiger partial charge in [-0.05, 0) is 17.7 Å². The van der Waals surface area contributed by atoms with Gasteiger partial charge in [0.1, 0.15) is 0 Å². The average Bonchev–Trinajstić information content (AvgIpc) is 2.25. The van der Waals surface area contributed by atoms with Gasteiger partial charge in [0, 0.05) is 10.5 Å². The molecule has 0 saturated heterocycles. The van der Waals surface area contributed by atoms with E-state index in [1.165, 1.54) is 6.07 Å². The van der Waals surface area contributed by atoms with E-state index in [2.05, 4.69) is 21.9 Å². The van der Waals surface area contributed by atoms with Gasteiger partial charge in [-0.1, -0.05) is 29.1 Å². The number of azide groups is 1. The third-order valence-corrected chi connectivity index (χ3v) is 1.59. The maximum Gasteiger partial charge on any atom is 0.336 e. The minimum atomic E-state index is -1.02. The van der Waals surface area contributed by atoms with Crippen LogP contribution in [0.4, 0.5) is 0 Å². The molecule has 0 amide bonds. The van der Waals surface area contributed by atoms with Gasteiger partial charge in [0.2, 0.25) is 0 Å². The topological polar surface area (TPSA) is 86.1 Å². The lowest BCUT2D eigenvalue weighted by molar-refractivity contribution is 0.0696. The summed E-state index contributed by atoms with van der Waals surface area (Å²) in [5, 5.41) is 12.0. The zero-order valence-corrected chi connectivity index (χ0v) is 7.71. The van der Waals surface area contributed by atoms with Gasteiger partial charge >= 0.3 is 5.97 Å². The van der Waals surface area contributed by atoms with Crippen molar-refractivity contribution in [1.29, 1.82) is 0 Å². The Morgan fingerprint density at radius 2 is 2.27 bits per heavy atom. The molecule has 1 rings (SSSR count). The Hall–Kier alpha value is -2.44. The minimum Gasteiger partial charge on any atom is -0.478 e. The van der Waals surface area contributed by atoms with Crippen LogP contribution < -0.4 is 0 Å². The number of hydrogen-bond acceptors (Lipinski definition) is 2. The van der Waals surface area contributed by atoms with Crippen LogP contribution in [0.15, 0.2) is 29.4 Å². The van der Waals surface area contributed by atoms with Gasteiger partial charge in [0.25, 0.3) is 0 Å². The van der Waals surface area contributed by atoms with Crippen LogP contribution in [0.5, 0.6) is 0 Å². The van der Waals surface area contributed by atoms with Crippen LogP contribution in [0.2, 0.25) is 0 Å². The summed E-state index contributed by atoms with van der Waals surface area (Å²) in [5.74, 6) is 4.17. The van der Waals surface area contributed by atoms with Gasteiger partial charge in [-0.3, -0.25) is 0 Å². The fraction of sp³-hybridized carbons (Fsp3) is 0.100. The van der Waals surface area contributed by atoms with Crippen molar-refractivity contribution < 1.29 is 9.90 Å². The second kappa shape index (κ2) is 5.32. The lowest BCUT2D eigenvalue weighted by Gasteiger charge is -1.96. The minimum absolute atomic E-state index is 0.0322. The molecule has 0 bridgehead atoms. The molecule has 15 heavy (non-hydrogen) atoms. The van der Waals surface area contributed by atoms with Gasteiger partial charge in [-0.25, -0.2) is 4.79 Å². The predicted octanol–water partition coefficient (Wildman–Crippen LogP) is 2.05. The summed E-state index contributed by atoms with van der Waals surface area (Å²) in [5.41, 5.74) is 8.56. The van der Waals surface area contributed by atoms with Crippen molar-refractivity contribution in [2.45, 2.75) is 0 Å². The number of carboxylic acid groups (broad SMARTS) is 1. The Bertz CT molecular complexity index is 479. The van der Waals surface area contributed by atoms with Gasteiger partial charge in [-0.15, -0.1) is 0 Å². The average molecular weight is 201 g/mol. The first-order chi connectivity index (χ1) is 7.25. The van der Waals surface area contributed by atoms with Crippen LogP contribution in [-0.4, -0.2) is 17.6 Å². The number of benzene rings is 1. The molecule has 1 aromatic carbocycles. The highest BCUT2D eigenvalue weighted by molar-refractivity contribution is 5.90. The van der Waals surface area contributed by atoms with E-state index in [1.54, 1.807) is 18.2 Å². The van der Waals surface area contributed by atoms with E-state index in [0.717, 1.165) is 0 Å². The smallest absolute Gasteiger partial charge is 0.336 e. The first-order valence-electron chi connectivity index (χ1n) is 4.07. The molecule has 0 fully saturated rings. The largest absolute Gasteiger partial charge is 0.478 e. The molecule has 0 radical (unpaired) electrons. The maximum absolute atomic E-state index is 10.8. The molecular formula is C10H7N3O2. The molecule has 1 aromatic rings. The van der Waals surface area contributed by atoms with E-state index < -0.39 is 5.97 Å². The summed E-state index contributed by atoms with van der Waals surface area (Å²) < 4.78 is 0. The summed E-state index contributed by atoms with van der Waals surface area (Å²) in [4.78, 5) is 13.3. The molecule has 5 heteroatoms. The number of carbonyl (C=O) groups is 1.